The second kappa shape index (κ2) is 5.50. The van der Waals surface area contributed by atoms with E-state index >= 15 is 0 Å². The SMILES string of the molecule is COc1ccc(F)cc1C(C)NCC(C)(C)C. The number of benzene rings is 1. The molecule has 0 amide bonds. The first-order chi connectivity index (χ1) is 7.83. The fourth-order valence-corrected chi connectivity index (χ4v) is 1.61. The van der Waals surface area contributed by atoms with Crippen molar-refractivity contribution in [2.45, 2.75) is 33.7 Å². The Morgan fingerprint density at radius 3 is 2.53 bits per heavy atom. The first-order valence-corrected chi connectivity index (χ1v) is 5.90. The molecule has 1 aromatic carbocycles. The topological polar surface area (TPSA) is 21.3 Å². The number of halogens is 1. The highest BCUT2D eigenvalue weighted by Crippen LogP contribution is 2.26. The summed E-state index contributed by atoms with van der Waals surface area (Å²) >= 11 is 0. The maximum absolute atomic E-state index is 13.2. The summed E-state index contributed by atoms with van der Waals surface area (Å²) in [6, 6.07) is 4.68. The second-order valence-corrected chi connectivity index (χ2v) is 5.55. The summed E-state index contributed by atoms with van der Waals surface area (Å²) < 4.78 is 18.5. The highest BCUT2D eigenvalue weighted by molar-refractivity contribution is 5.36. The largest absolute Gasteiger partial charge is 0.496 e. The van der Waals surface area contributed by atoms with E-state index in [0.29, 0.717) is 0 Å². The lowest BCUT2D eigenvalue weighted by atomic mass is 9.96. The van der Waals surface area contributed by atoms with Gasteiger partial charge in [0.15, 0.2) is 0 Å². The smallest absolute Gasteiger partial charge is 0.123 e. The Balaban J connectivity index is 2.80. The van der Waals surface area contributed by atoms with E-state index in [-0.39, 0.29) is 17.3 Å². The fourth-order valence-electron chi connectivity index (χ4n) is 1.61. The lowest BCUT2D eigenvalue weighted by Crippen LogP contribution is -2.29. The van der Waals surface area contributed by atoms with Crippen LogP contribution in [0.25, 0.3) is 0 Å². The van der Waals surface area contributed by atoms with Crippen LogP contribution in [-0.4, -0.2) is 13.7 Å². The summed E-state index contributed by atoms with van der Waals surface area (Å²) in [6.45, 7) is 9.37. The first kappa shape index (κ1) is 14.0. The molecule has 1 N–H and O–H groups in total. The Labute approximate surface area is 103 Å². The molecule has 1 rings (SSSR count). The van der Waals surface area contributed by atoms with Crippen LogP contribution in [0.3, 0.4) is 0 Å². The molecule has 0 saturated heterocycles. The molecule has 0 saturated carbocycles. The molecule has 96 valence electrons. The van der Waals surface area contributed by atoms with E-state index in [1.165, 1.54) is 12.1 Å². The van der Waals surface area contributed by atoms with Crippen molar-refractivity contribution < 1.29 is 9.13 Å². The van der Waals surface area contributed by atoms with Gasteiger partial charge in [0, 0.05) is 18.2 Å². The number of rotatable bonds is 4. The van der Waals surface area contributed by atoms with Gasteiger partial charge in [-0.15, -0.1) is 0 Å². The summed E-state index contributed by atoms with van der Waals surface area (Å²) in [5.74, 6) is 0.491. The summed E-state index contributed by atoms with van der Waals surface area (Å²) in [5.41, 5.74) is 1.06. The third-order valence-corrected chi connectivity index (χ3v) is 2.60. The van der Waals surface area contributed by atoms with E-state index in [4.69, 9.17) is 4.74 Å². The van der Waals surface area contributed by atoms with Crippen LogP contribution in [0.5, 0.6) is 5.75 Å². The van der Waals surface area contributed by atoms with Crippen LogP contribution in [0.4, 0.5) is 4.39 Å². The molecule has 2 nitrogen and oxygen atoms in total. The van der Waals surface area contributed by atoms with Crippen molar-refractivity contribution in [2.24, 2.45) is 5.41 Å². The number of hydrogen-bond acceptors (Lipinski definition) is 2. The van der Waals surface area contributed by atoms with E-state index in [9.17, 15) is 4.39 Å². The fraction of sp³-hybridized carbons (Fsp3) is 0.571. The summed E-state index contributed by atoms with van der Waals surface area (Å²) in [4.78, 5) is 0. The Kier molecular flexibility index (Phi) is 4.52. The molecule has 1 atom stereocenters. The van der Waals surface area contributed by atoms with Gasteiger partial charge in [0.25, 0.3) is 0 Å². The molecule has 0 fully saturated rings. The van der Waals surface area contributed by atoms with Gasteiger partial charge >= 0.3 is 0 Å². The summed E-state index contributed by atoms with van der Waals surface area (Å²) in [5, 5.41) is 3.39. The van der Waals surface area contributed by atoms with E-state index in [1.807, 2.05) is 6.92 Å². The molecular formula is C14H22FNO. The van der Waals surface area contributed by atoms with Gasteiger partial charge in [0.05, 0.1) is 7.11 Å². The lowest BCUT2D eigenvalue weighted by Gasteiger charge is -2.24. The molecule has 0 aromatic heterocycles. The predicted molar refractivity (Wildman–Crippen MR) is 68.8 cm³/mol. The van der Waals surface area contributed by atoms with Gasteiger partial charge in [-0.3, -0.25) is 0 Å². The van der Waals surface area contributed by atoms with E-state index in [2.05, 4.69) is 26.1 Å². The van der Waals surface area contributed by atoms with Crippen molar-refractivity contribution in [3.63, 3.8) is 0 Å². The van der Waals surface area contributed by atoms with Gasteiger partial charge < -0.3 is 10.1 Å². The van der Waals surface area contributed by atoms with E-state index in [1.54, 1.807) is 13.2 Å². The van der Waals surface area contributed by atoms with Crippen LogP contribution in [-0.2, 0) is 0 Å². The van der Waals surface area contributed by atoms with Gasteiger partial charge in [-0.2, -0.15) is 0 Å². The zero-order valence-electron chi connectivity index (χ0n) is 11.3. The van der Waals surface area contributed by atoms with Crippen molar-refractivity contribution in [3.8, 4) is 5.75 Å². The molecule has 0 heterocycles. The normalized spacial score (nSPS) is 13.5. The van der Waals surface area contributed by atoms with Gasteiger partial charge in [0.1, 0.15) is 11.6 Å². The average Bonchev–Trinajstić information content (AvgIpc) is 2.25. The lowest BCUT2D eigenvalue weighted by molar-refractivity contribution is 0.351. The molecule has 0 radical (unpaired) electrons. The maximum atomic E-state index is 13.2. The van der Waals surface area contributed by atoms with Gasteiger partial charge in [-0.25, -0.2) is 4.39 Å². The Morgan fingerprint density at radius 2 is 2.00 bits per heavy atom. The first-order valence-electron chi connectivity index (χ1n) is 5.90. The number of methoxy groups -OCH3 is 1. The van der Waals surface area contributed by atoms with Crippen LogP contribution in [0, 0.1) is 11.2 Å². The highest BCUT2D eigenvalue weighted by Gasteiger charge is 2.16. The zero-order chi connectivity index (χ0) is 13.1. The predicted octanol–water partition coefficient (Wildman–Crippen LogP) is 3.53. The molecule has 0 aliphatic heterocycles. The quantitative estimate of drug-likeness (QED) is 0.868. The molecule has 1 unspecified atom stereocenters. The van der Waals surface area contributed by atoms with Crippen molar-refractivity contribution in [2.75, 3.05) is 13.7 Å². The Hall–Kier alpha value is -1.09. The van der Waals surface area contributed by atoms with Gasteiger partial charge in [-0.05, 0) is 30.5 Å². The zero-order valence-corrected chi connectivity index (χ0v) is 11.3. The van der Waals surface area contributed by atoms with Crippen molar-refractivity contribution in [3.05, 3.63) is 29.6 Å². The summed E-state index contributed by atoms with van der Waals surface area (Å²) in [7, 11) is 1.60. The van der Waals surface area contributed by atoms with Crippen LogP contribution in [0.2, 0.25) is 0 Å². The number of ether oxygens (including phenoxy) is 1. The standard InChI is InChI=1S/C14H22FNO/c1-10(16-9-14(2,3)4)12-8-11(15)6-7-13(12)17-5/h6-8,10,16H,9H2,1-5H3. The maximum Gasteiger partial charge on any atom is 0.123 e. The van der Waals surface area contributed by atoms with Crippen LogP contribution >= 0.6 is 0 Å². The molecule has 3 heteroatoms. The van der Waals surface area contributed by atoms with Crippen molar-refractivity contribution in [1.82, 2.24) is 5.32 Å². The van der Waals surface area contributed by atoms with Crippen molar-refractivity contribution >= 4 is 0 Å². The number of hydrogen-bond donors (Lipinski definition) is 1. The van der Waals surface area contributed by atoms with E-state index < -0.39 is 0 Å². The molecule has 17 heavy (non-hydrogen) atoms. The molecule has 0 spiro atoms. The summed E-state index contributed by atoms with van der Waals surface area (Å²) in [6.07, 6.45) is 0. The Bertz CT molecular complexity index is 371. The number of nitrogens with one attached hydrogen (secondary N) is 1. The van der Waals surface area contributed by atoms with Crippen LogP contribution in [0.1, 0.15) is 39.3 Å². The Morgan fingerprint density at radius 1 is 1.35 bits per heavy atom. The molecule has 0 bridgehead atoms. The molecule has 0 aliphatic carbocycles. The average molecular weight is 239 g/mol. The highest BCUT2D eigenvalue weighted by atomic mass is 19.1. The van der Waals surface area contributed by atoms with Crippen LogP contribution < -0.4 is 10.1 Å². The van der Waals surface area contributed by atoms with Crippen molar-refractivity contribution in [1.29, 1.82) is 0 Å². The van der Waals surface area contributed by atoms with Gasteiger partial charge in [-0.1, -0.05) is 20.8 Å². The van der Waals surface area contributed by atoms with Gasteiger partial charge in [0.2, 0.25) is 0 Å². The molecular weight excluding hydrogens is 217 g/mol. The minimum Gasteiger partial charge on any atom is -0.496 e. The van der Waals surface area contributed by atoms with Crippen LogP contribution in [0.15, 0.2) is 18.2 Å². The minimum absolute atomic E-state index is 0.0693. The minimum atomic E-state index is -0.231. The monoisotopic (exact) mass is 239 g/mol. The third kappa shape index (κ3) is 4.35. The third-order valence-electron chi connectivity index (χ3n) is 2.60. The molecule has 1 aromatic rings. The molecule has 0 aliphatic rings. The second-order valence-electron chi connectivity index (χ2n) is 5.55. The van der Waals surface area contributed by atoms with E-state index in [0.717, 1.165) is 17.9 Å².